The van der Waals surface area contributed by atoms with E-state index in [9.17, 15) is 19.8 Å². The Balaban J connectivity index is 1.78. The Kier molecular flexibility index (Phi) is 4.05. The lowest BCUT2D eigenvalue weighted by Gasteiger charge is -2.36. The van der Waals surface area contributed by atoms with Crippen LogP contribution in [0.5, 0.6) is 23.0 Å². The molecule has 0 aliphatic carbocycles. The van der Waals surface area contributed by atoms with Gasteiger partial charge in [0.1, 0.15) is 28.6 Å². The first-order valence-electron chi connectivity index (χ1n) is 10.0. The monoisotopic (exact) mass is 432 g/mol. The number of phenols is 2. The fourth-order valence-corrected chi connectivity index (χ4v) is 4.16. The summed E-state index contributed by atoms with van der Waals surface area (Å²) >= 11 is 0. The minimum atomic E-state index is -1.42. The average Bonchev–Trinajstić information content (AvgIpc) is 2.99. The van der Waals surface area contributed by atoms with Gasteiger partial charge in [0.2, 0.25) is 0 Å². The molecule has 0 saturated carbocycles. The highest BCUT2D eigenvalue weighted by Gasteiger charge is 2.54. The summed E-state index contributed by atoms with van der Waals surface area (Å²) in [4.78, 5) is 25.7. The molecule has 0 amide bonds. The predicted octanol–water partition coefficient (Wildman–Crippen LogP) is 4.62. The largest absolute Gasteiger partial charge is 0.508 e. The SMILES string of the molecule is CC(C)(C)OC(=O)c1ccc2c(c1)C1(OC2=O)c2ccc(O)cc2Oc2cc(O)ccc21. The lowest BCUT2D eigenvalue weighted by Crippen LogP contribution is -2.33. The Morgan fingerprint density at radius 3 is 2.03 bits per heavy atom. The third kappa shape index (κ3) is 2.89. The quantitative estimate of drug-likeness (QED) is 0.541. The molecule has 3 aromatic carbocycles. The summed E-state index contributed by atoms with van der Waals surface area (Å²) in [6, 6.07) is 13.7. The lowest BCUT2D eigenvalue weighted by molar-refractivity contribution is 0.00692. The molecular formula is C25H20O7. The molecule has 5 rings (SSSR count). The molecule has 3 aromatic rings. The molecule has 7 nitrogen and oxygen atoms in total. The van der Waals surface area contributed by atoms with Crippen LogP contribution < -0.4 is 4.74 Å². The normalized spacial score (nSPS) is 15.3. The Morgan fingerprint density at radius 2 is 1.47 bits per heavy atom. The summed E-state index contributed by atoms with van der Waals surface area (Å²) in [7, 11) is 0. The van der Waals surface area contributed by atoms with E-state index in [-0.39, 0.29) is 28.6 Å². The molecule has 2 aliphatic heterocycles. The van der Waals surface area contributed by atoms with E-state index in [1.54, 1.807) is 45.0 Å². The first-order chi connectivity index (χ1) is 15.1. The van der Waals surface area contributed by atoms with Crippen molar-refractivity contribution in [3.63, 3.8) is 0 Å². The summed E-state index contributed by atoms with van der Waals surface area (Å²) in [5.74, 6) is -0.614. The molecular weight excluding hydrogens is 412 g/mol. The average molecular weight is 432 g/mol. The zero-order chi connectivity index (χ0) is 22.8. The molecule has 0 atom stereocenters. The highest BCUT2D eigenvalue weighted by Crippen LogP contribution is 2.57. The third-order valence-electron chi connectivity index (χ3n) is 5.41. The van der Waals surface area contributed by atoms with Crippen LogP contribution in [-0.2, 0) is 15.1 Å². The molecule has 0 saturated heterocycles. The van der Waals surface area contributed by atoms with Crippen molar-refractivity contribution in [2.45, 2.75) is 32.0 Å². The smallest absolute Gasteiger partial charge is 0.340 e. The summed E-state index contributed by atoms with van der Waals surface area (Å²) in [6.07, 6.45) is 0. The molecule has 0 unspecified atom stereocenters. The number of carbonyl (C=O) groups is 2. The lowest BCUT2D eigenvalue weighted by atomic mass is 9.77. The molecule has 2 N–H and O–H groups in total. The summed E-state index contributed by atoms with van der Waals surface area (Å²) in [5.41, 5.74) is -0.112. The molecule has 0 aromatic heterocycles. The molecule has 2 aliphatic rings. The minimum absolute atomic E-state index is 0.0328. The van der Waals surface area contributed by atoms with Gasteiger partial charge in [-0.25, -0.2) is 9.59 Å². The van der Waals surface area contributed by atoms with Gasteiger partial charge in [-0.1, -0.05) is 0 Å². The first kappa shape index (κ1) is 19.9. The van der Waals surface area contributed by atoms with Gasteiger partial charge in [0, 0.05) is 28.8 Å². The molecule has 1 spiro atoms. The van der Waals surface area contributed by atoms with Gasteiger partial charge < -0.3 is 24.4 Å². The first-order valence-corrected chi connectivity index (χ1v) is 10.0. The Bertz CT molecular complexity index is 1250. The van der Waals surface area contributed by atoms with Crippen LogP contribution >= 0.6 is 0 Å². The molecule has 162 valence electrons. The van der Waals surface area contributed by atoms with Crippen LogP contribution in [-0.4, -0.2) is 27.8 Å². The number of rotatable bonds is 1. The number of carbonyl (C=O) groups excluding carboxylic acids is 2. The van der Waals surface area contributed by atoms with Gasteiger partial charge in [0.15, 0.2) is 5.60 Å². The summed E-state index contributed by atoms with van der Waals surface area (Å²) in [6.45, 7) is 5.32. The van der Waals surface area contributed by atoms with Gasteiger partial charge in [-0.05, 0) is 63.2 Å². The number of fused-ring (bicyclic) bond motifs is 6. The second kappa shape index (κ2) is 6.50. The maximum atomic E-state index is 12.9. The van der Waals surface area contributed by atoms with Crippen molar-refractivity contribution < 1.29 is 34.0 Å². The maximum absolute atomic E-state index is 12.9. The zero-order valence-corrected chi connectivity index (χ0v) is 17.6. The fourth-order valence-electron chi connectivity index (χ4n) is 4.16. The summed E-state index contributed by atoms with van der Waals surface area (Å²) in [5, 5.41) is 20.0. The standard InChI is InChI=1S/C25H20O7/c1-24(2,3)31-22(28)13-4-7-16-19(10-13)25(32-23(16)29)17-8-5-14(26)11-20(17)30-21-12-15(27)6-9-18(21)25/h4-12,26-27H,1-3H3. The number of aromatic hydroxyl groups is 2. The van der Waals surface area contributed by atoms with Crippen LogP contribution in [0.1, 0.15) is 58.2 Å². The van der Waals surface area contributed by atoms with Crippen molar-refractivity contribution in [2.75, 3.05) is 0 Å². The van der Waals surface area contributed by atoms with E-state index in [4.69, 9.17) is 14.2 Å². The topological polar surface area (TPSA) is 102 Å². The third-order valence-corrected chi connectivity index (χ3v) is 5.41. The van der Waals surface area contributed by atoms with E-state index in [2.05, 4.69) is 0 Å². The van der Waals surface area contributed by atoms with Crippen LogP contribution in [0.2, 0.25) is 0 Å². The molecule has 7 heteroatoms. The van der Waals surface area contributed by atoms with Gasteiger partial charge in [0.25, 0.3) is 0 Å². The van der Waals surface area contributed by atoms with E-state index in [1.165, 1.54) is 30.3 Å². The van der Waals surface area contributed by atoms with Crippen LogP contribution in [0.3, 0.4) is 0 Å². The van der Waals surface area contributed by atoms with Crippen molar-refractivity contribution in [2.24, 2.45) is 0 Å². The van der Waals surface area contributed by atoms with Crippen LogP contribution in [0.15, 0.2) is 54.6 Å². The zero-order valence-electron chi connectivity index (χ0n) is 17.6. The van der Waals surface area contributed by atoms with E-state index in [0.29, 0.717) is 22.3 Å². The Hall–Kier alpha value is -4.00. The minimum Gasteiger partial charge on any atom is -0.508 e. The van der Waals surface area contributed by atoms with Crippen molar-refractivity contribution in [3.8, 4) is 23.0 Å². The van der Waals surface area contributed by atoms with Gasteiger partial charge in [0.05, 0.1) is 11.1 Å². The number of hydrogen-bond acceptors (Lipinski definition) is 7. The second-order valence-corrected chi connectivity index (χ2v) is 8.80. The van der Waals surface area contributed by atoms with Crippen molar-refractivity contribution in [1.82, 2.24) is 0 Å². The summed E-state index contributed by atoms with van der Waals surface area (Å²) < 4.78 is 17.4. The van der Waals surface area contributed by atoms with Gasteiger partial charge in [-0.2, -0.15) is 0 Å². The van der Waals surface area contributed by atoms with E-state index in [0.717, 1.165) is 0 Å². The highest BCUT2D eigenvalue weighted by atomic mass is 16.6. The van der Waals surface area contributed by atoms with Crippen LogP contribution in [0.25, 0.3) is 0 Å². The molecule has 0 radical (unpaired) electrons. The number of hydrogen-bond donors (Lipinski definition) is 2. The van der Waals surface area contributed by atoms with Crippen molar-refractivity contribution in [3.05, 3.63) is 82.4 Å². The van der Waals surface area contributed by atoms with Gasteiger partial charge >= 0.3 is 11.9 Å². The van der Waals surface area contributed by atoms with Crippen LogP contribution in [0.4, 0.5) is 0 Å². The highest BCUT2D eigenvalue weighted by molar-refractivity contribution is 5.99. The number of ether oxygens (including phenoxy) is 3. The van der Waals surface area contributed by atoms with E-state index >= 15 is 0 Å². The van der Waals surface area contributed by atoms with E-state index < -0.39 is 23.1 Å². The Labute approximate surface area is 183 Å². The second-order valence-electron chi connectivity index (χ2n) is 8.80. The van der Waals surface area contributed by atoms with E-state index in [1.807, 2.05) is 0 Å². The van der Waals surface area contributed by atoms with Crippen LogP contribution in [0, 0.1) is 0 Å². The molecule has 32 heavy (non-hydrogen) atoms. The molecule has 0 fully saturated rings. The van der Waals surface area contributed by atoms with Gasteiger partial charge in [-0.3, -0.25) is 0 Å². The molecule has 2 heterocycles. The predicted molar refractivity (Wildman–Crippen MR) is 113 cm³/mol. The maximum Gasteiger partial charge on any atom is 0.340 e. The number of phenolic OH excluding ortho intramolecular Hbond substituents is 2. The molecule has 0 bridgehead atoms. The number of esters is 2. The van der Waals surface area contributed by atoms with Crippen molar-refractivity contribution in [1.29, 1.82) is 0 Å². The fraction of sp³-hybridized carbons (Fsp3) is 0.200. The van der Waals surface area contributed by atoms with Gasteiger partial charge in [-0.15, -0.1) is 0 Å². The van der Waals surface area contributed by atoms with Crippen molar-refractivity contribution >= 4 is 11.9 Å². The Morgan fingerprint density at radius 1 is 0.875 bits per heavy atom. The number of benzene rings is 3.